The zero-order chi connectivity index (χ0) is 16.0. The third-order valence-corrected chi connectivity index (χ3v) is 4.41. The Labute approximate surface area is 139 Å². The van der Waals surface area contributed by atoms with Gasteiger partial charge in [0, 0.05) is 12.0 Å². The lowest BCUT2D eigenvalue weighted by Crippen LogP contribution is -2.49. The van der Waals surface area contributed by atoms with Crippen LogP contribution in [0.5, 0.6) is 0 Å². The molecule has 2 unspecified atom stereocenters. The van der Waals surface area contributed by atoms with E-state index in [4.69, 9.17) is 5.73 Å². The first-order valence-electron chi connectivity index (χ1n) is 7.74. The van der Waals surface area contributed by atoms with E-state index >= 15 is 0 Å². The topological polar surface area (TPSA) is 104 Å². The number of hydrogen-bond donors (Lipinski definition) is 4. The van der Waals surface area contributed by atoms with Gasteiger partial charge in [-0.1, -0.05) is 33.6 Å². The molecule has 0 aliphatic heterocycles. The Balaban J connectivity index is 0.00000441. The molecule has 2 amide bonds. The highest BCUT2D eigenvalue weighted by molar-refractivity contribution is 5.87. The number of carbonyl (C=O) groups is 2. The van der Waals surface area contributed by atoms with Crippen LogP contribution in [0.2, 0.25) is 0 Å². The molecule has 1 rings (SSSR count). The number of halogens is 1. The number of rotatable bonds is 6. The summed E-state index contributed by atoms with van der Waals surface area (Å²) in [7, 11) is 0. The number of aliphatic hydroxyl groups is 1. The molecule has 1 saturated carbocycles. The summed E-state index contributed by atoms with van der Waals surface area (Å²) in [6, 6.07) is -0.601. The third kappa shape index (κ3) is 6.10. The summed E-state index contributed by atoms with van der Waals surface area (Å²) >= 11 is 0. The van der Waals surface area contributed by atoms with Crippen LogP contribution in [0, 0.1) is 11.3 Å². The Kier molecular flexibility index (Phi) is 8.96. The molecule has 22 heavy (non-hydrogen) atoms. The van der Waals surface area contributed by atoms with Gasteiger partial charge >= 0.3 is 0 Å². The van der Waals surface area contributed by atoms with Gasteiger partial charge in [-0.25, -0.2) is 0 Å². The summed E-state index contributed by atoms with van der Waals surface area (Å²) < 4.78 is 0. The van der Waals surface area contributed by atoms with E-state index in [1.54, 1.807) is 0 Å². The van der Waals surface area contributed by atoms with Crippen molar-refractivity contribution in [3.8, 4) is 0 Å². The highest BCUT2D eigenvalue weighted by Crippen LogP contribution is 2.35. The first-order valence-corrected chi connectivity index (χ1v) is 7.74. The van der Waals surface area contributed by atoms with Crippen molar-refractivity contribution in [2.24, 2.45) is 17.1 Å². The van der Waals surface area contributed by atoms with Gasteiger partial charge in [-0.05, 0) is 18.8 Å². The molecule has 0 radical (unpaired) electrons. The van der Waals surface area contributed by atoms with Crippen molar-refractivity contribution in [2.45, 2.75) is 58.6 Å². The number of nitrogens with one attached hydrogen (secondary N) is 2. The van der Waals surface area contributed by atoms with Crippen molar-refractivity contribution < 1.29 is 14.7 Å². The molecule has 130 valence electrons. The van der Waals surface area contributed by atoms with Crippen molar-refractivity contribution in [1.29, 1.82) is 0 Å². The van der Waals surface area contributed by atoms with Crippen LogP contribution in [-0.4, -0.2) is 42.2 Å². The van der Waals surface area contributed by atoms with Crippen molar-refractivity contribution in [2.75, 3.05) is 13.1 Å². The van der Waals surface area contributed by atoms with Crippen molar-refractivity contribution in [1.82, 2.24) is 10.6 Å². The largest absolute Gasteiger partial charge is 0.392 e. The van der Waals surface area contributed by atoms with Gasteiger partial charge in [0.2, 0.25) is 11.8 Å². The van der Waals surface area contributed by atoms with Crippen LogP contribution in [0.25, 0.3) is 0 Å². The molecule has 1 aliphatic rings. The maximum atomic E-state index is 11.8. The summed E-state index contributed by atoms with van der Waals surface area (Å²) in [5, 5.41) is 15.4. The molecule has 0 spiro atoms. The van der Waals surface area contributed by atoms with Gasteiger partial charge in [-0.3, -0.25) is 9.59 Å². The fraction of sp³-hybridized carbons (Fsp3) is 0.867. The fourth-order valence-corrected chi connectivity index (χ4v) is 2.54. The molecular weight excluding hydrogens is 306 g/mol. The second-order valence-electron chi connectivity index (χ2n) is 6.68. The van der Waals surface area contributed by atoms with Crippen LogP contribution < -0.4 is 16.4 Å². The Bertz CT molecular complexity index is 379. The zero-order valence-corrected chi connectivity index (χ0v) is 14.5. The minimum absolute atomic E-state index is 0. The van der Waals surface area contributed by atoms with E-state index in [-0.39, 0.29) is 48.2 Å². The maximum Gasteiger partial charge on any atom is 0.239 e. The summed E-state index contributed by atoms with van der Waals surface area (Å²) in [5.41, 5.74) is 5.43. The maximum absolute atomic E-state index is 11.8. The van der Waals surface area contributed by atoms with Gasteiger partial charge < -0.3 is 21.5 Å². The molecule has 1 aliphatic carbocycles. The fourth-order valence-electron chi connectivity index (χ4n) is 2.54. The molecule has 0 saturated heterocycles. The van der Waals surface area contributed by atoms with Crippen molar-refractivity contribution in [3.05, 3.63) is 0 Å². The Hall–Kier alpha value is -0.850. The normalized spacial score (nSPS) is 26.0. The Morgan fingerprint density at radius 3 is 2.50 bits per heavy atom. The van der Waals surface area contributed by atoms with Crippen LogP contribution in [0.1, 0.15) is 46.5 Å². The number of aliphatic hydroxyl groups excluding tert-OH is 1. The van der Waals surface area contributed by atoms with Crippen LogP contribution in [-0.2, 0) is 9.59 Å². The van der Waals surface area contributed by atoms with Crippen LogP contribution in [0.15, 0.2) is 0 Å². The lowest BCUT2D eigenvalue weighted by atomic mass is 9.73. The van der Waals surface area contributed by atoms with Crippen molar-refractivity contribution in [3.63, 3.8) is 0 Å². The van der Waals surface area contributed by atoms with E-state index < -0.39 is 6.04 Å². The summed E-state index contributed by atoms with van der Waals surface area (Å²) in [4.78, 5) is 23.4. The highest BCUT2D eigenvalue weighted by atomic mass is 35.5. The molecule has 3 atom stereocenters. The van der Waals surface area contributed by atoms with E-state index in [2.05, 4.69) is 10.6 Å². The van der Waals surface area contributed by atoms with Gasteiger partial charge in [0.15, 0.2) is 0 Å². The van der Waals surface area contributed by atoms with Gasteiger partial charge in [-0.2, -0.15) is 0 Å². The van der Waals surface area contributed by atoms with Crippen LogP contribution in [0.4, 0.5) is 0 Å². The lowest BCUT2D eigenvalue weighted by Gasteiger charge is -2.38. The van der Waals surface area contributed by atoms with E-state index in [1.165, 1.54) is 0 Å². The quantitative estimate of drug-likeness (QED) is 0.569. The van der Waals surface area contributed by atoms with E-state index in [1.807, 2.05) is 20.8 Å². The first-order chi connectivity index (χ1) is 9.76. The minimum Gasteiger partial charge on any atom is -0.392 e. The Morgan fingerprint density at radius 2 is 1.95 bits per heavy atom. The molecule has 0 bridgehead atoms. The third-order valence-electron chi connectivity index (χ3n) is 4.41. The highest BCUT2D eigenvalue weighted by Gasteiger charge is 2.35. The molecule has 0 aromatic carbocycles. The summed E-state index contributed by atoms with van der Waals surface area (Å²) in [6.07, 6.45) is 3.42. The van der Waals surface area contributed by atoms with Gasteiger partial charge in [-0.15, -0.1) is 12.4 Å². The number of amides is 2. The molecule has 1 fully saturated rings. The smallest absolute Gasteiger partial charge is 0.239 e. The van der Waals surface area contributed by atoms with E-state index in [0.717, 1.165) is 25.7 Å². The number of nitrogens with two attached hydrogens (primary N) is 1. The predicted octanol–water partition coefficient (Wildman–Crippen LogP) is 0.565. The van der Waals surface area contributed by atoms with Gasteiger partial charge in [0.1, 0.15) is 0 Å². The SMILES string of the molecule is CC(C)[C@H](N)C(=O)NCC(=O)NCC1(C)CCCCC1O.Cl. The molecule has 5 N–H and O–H groups in total. The van der Waals surface area contributed by atoms with Gasteiger partial charge in [0.05, 0.1) is 18.7 Å². The average molecular weight is 336 g/mol. The molecular formula is C15H30ClN3O3. The molecule has 6 nitrogen and oxygen atoms in total. The first kappa shape index (κ1) is 21.1. The summed E-state index contributed by atoms with van der Waals surface area (Å²) in [5.74, 6) is -0.535. The van der Waals surface area contributed by atoms with Crippen molar-refractivity contribution >= 4 is 24.2 Å². The predicted molar refractivity (Wildman–Crippen MR) is 88.7 cm³/mol. The second-order valence-corrected chi connectivity index (χ2v) is 6.68. The monoisotopic (exact) mass is 335 g/mol. The minimum atomic E-state index is -0.601. The summed E-state index contributed by atoms with van der Waals surface area (Å²) in [6.45, 7) is 6.06. The van der Waals surface area contributed by atoms with Gasteiger partial charge in [0.25, 0.3) is 0 Å². The molecule has 0 aromatic rings. The Morgan fingerprint density at radius 1 is 1.32 bits per heavy atom. The zero-order valence-electron chi connectivity index (χ0n) is 13.7. The average Bonchev–Trinajstić information content (AvgIpc) is 2.45. The number of carbonyl (C=O) groups excluding carboxylic acids is 2. The molecule has 0 aromatic heterocycles. The number of hydrogen-bond acceptors (Lipinski definition) is 4. The van der Waals surface area contributed by atoms with Crippen LogP contribution in [0.3, 0.4) is 0 Å². The van der Waals surface area contributed by atoms with E-state index in [9.17, 15) is 14.7 Å². The van der Waals surface area contributed by atoms with E-state index in [0.29, 0.717) is 6.54 Å². The second kappa shape index (κ2) is 9.33. The molecule has 0 heterocycles. The lowest BCUT2D eigenvalue weighted by molar-refractivity contribution is -0.127. The molecule has 7 heteroatoms. The standard InChI is InChI=1S/C15H29N3O3.ClH/c1-10(2)13(16)14(21)17-8-12(20)18-9-15(3)7-5-4-6-11(15)19;/h10-11,13,19H,4-9,16H2,1-3H3,(H,17,21)(H,18,20);1H/t11?,13-,15?;/m0./s1. The van der Waals surface area contributed by atoms with Crippen LogP contribution >= 0.6 is 12.4 Å².